The molecular weight excluding hydrogens is 268 g/mol. The van der Waals surface area contributed by atoms with Crippen LogP contribution in [0.15, 0.2) is 35.4 Å². The Labute approximate surface area is 123 Å². The molecule has 0 aromatic heterocycles. The first-order valence-electron chi connectivity index (χ1n) is 7.16. The summed E-state index contributed by atoms with van der Waals surface area (Å²) in [7, 11) is 1.58. The third kappa shape index (κ3) is 1.83. The summed E-state index contributed by atoms with van der Waals surface area (Å²) in [5.41, 5.74) is 1.98. The molecule has 1 aliphatic heterocycles. The summed E-state index contributed by atoms with van der Waals surface area (Å²) in [5.74, 6) is -1.29. The SMILES string of the molecule is CC[C@@]1(OC)OCC2=C(C(=O)c3ccccc3C2=O)[C@H]1C. The number of carbonyl (C=O) groups excluding carboxylic acids is 2. The maximum atomic E-state index is 12.8. The molecule has 1 heterocycles. The number of ketones is 2. The summed E-state index contributed by atoms with van der Waals surface area (Å²) in [6, 6.07) is 6.96. The number of benzene rings is 1. The number of rotatable bonds is 2. The van der Waals surface area contributed by atoms with Crippen molar-refractivity contribution in [1.29, 1.82) is 0 Å². The molecule has 1 aromatic carbocycles. The molecular formula is C17H18O4. The standard InChI is InChI=1S/C17H18O4/c1-4-17(20-3)10(2)14-13(9-21-17)15(18)11-7-5-6-8-12(11)16(14)19/h5-8,10H,4,9H2,1-3H3/t10-,17-/m1/s1. The number of Topliss-reactive ketones (excluding diaryl/α,β-unsaturated/α-hetero) is 2. The predicted molar refractivity (Wildman–Crippen MR) is 77.3 cm³/mol. The van der Waals surface area contributed by atoms with E-state index in [1.807, 2.05) is 13.8 Å². The maximum absolute atomic E-state index is 12.8. The molecule has 0 saturated heterocycles. The van der Waals surface area contributed by atoms with Crippen molar-refractivity contribution in [3.05, 3.63) is 46.5 Å². The third-order valence-corrected chi connectivity index (χ3v) is 4.65. The number of fused-ring (bicyclic) bond motifs is 1. The smallest absolute Gasteiger partial charge is 0.192 e. The Hall–Kier alpha value is -1.78. The van der Waals surface area contributed by atoms with Crippen molar-refractivity contribution >= 4 is 11.6 Å². The van der Waals surface area contributed by atoms with E-state index in [2.05, 4.69) is 0 Å². The van der Waals surface area contributed by atoms with Crippen LogP contribution < -0.4 is 0 Å². The summed E-state index contributed by atoms with van der Waals surface area (Å²) >= 11 is 0. The molecule has 0 saturated carbocycles. The van der Waals surface area contributed by atoms with Crippen molar-refractivity contribution in [2.45, 2.75) is 26.1 Å². The molecule has 110 valence electrons. The molecule has 0 bridgehead atoms. The fraction of sp³-hybridized carbons (Fsp3) is 0.412. The summed E-state index contributed by atoms with van der Waals surface area (Å²) in [6.07, 6.45) is 0.616. The molecule has 3 rings (SSSR count). The van der Waals surface area contributed by atoms with E-state index in [9.17, 15) is 9.59 Å². The van der Waals surface area contributed by atoms with Crippen molar-refractivity contribution in [3.8, 4) is 0 Å². The second kappa shape index (κ2) is 4.90. The Morgan fingerprint density at radius 3 is 2.43 bits per heavy atom. The van der Waals surface area contributed by atoms with Crippen molar-refractivity contribution < 1.29 is 19.1 Å². The van der Waals surface area contributed by atoms with Crippen LogP contribution in [0.1, 0.15) is 41.0 Å². The molecule has 4 heteroatoms. The minimum Gasteiger partial charge on any atom is -0.353 e. The van der Waals surface area contributed by atoms with Crippen molar-refractivity contribution in [2.24, 2.45) is 5.92 Å². The second-order valence-electron chi connectivity index (χ2n) is 5.48. The first-order valence-corrected chi connectivity index (χ1v) is 7.16. The molecule has 1 aromatic rings. The van der Waals surface area contributed by atoms with E-state index in [0.717, 1.165) is 0 Å². The molecule has 0 unspecified atom stereocenters. The molecule has 0 amide bonds. The number of carbonyl (C=O) groups is 2. The monoisotopic (exact) mass is 286 g/mol. The van der Waals surface area contributed by atoms with Gasteiger partial charge >= 0.3 is 0 Å². The van der Waals surface area contributed by atoms with Gasteiger partial charge in [-0.3, -0.25) is 9.59 Å². The topological polar surface area (TPSA) is 52.6 Å². The zero-order valence-corrected chi connectivity index (χ0v) is 12.4. The van der Waals surface area contributed by atoms with Crippen LogP contribution in [-0.2, 0) is 9.47 Å². The fourth-order valence-electron chi connectivity index (χ4n) is 3.37. The third-order valence-electron chi connectivity index (χ3n) is 4.65. The highest BCUT2D eigenvalue weighted by atomic mass is 16.7. The van der Waals surface area contributed by atoms with Gasteiger partial charge in [-0.2, -0.15) is 0 Å². The minimum absolute atomic E-state index is 0.0779. The van der Waals surface area contributed by atoms with E-state index < -0.39 is 5.79 Å². The highest BCUT2D eigenvalue weighted by molar-refractivity contribution is 6.27. The molecule has 2 aliphatic rings. The number of methoxy groups -OCH3 is 1. The van der Waals surface area contributed by atoms with Gasteiger partial charge in [0.05, 0.1) is 6.61 Å². The van der Waals surface area contributed by atoms with E-state index in [0.29, 0.717) is 28.7 Å². The van der Waals surface area contributed by atoms with Gasteiger partial charge in [-0.1, -0.05) is 38.1 Å². The molecule has 4 nitrogen and oxygen atoms in total. The lowest BCUT2D eigenvalue weighted by molar-refractivity contribution is -0.246. The van der Waals surface area contributed by atoms with Crippen LogP contribution in [0.2, 0.25) is 0 Å². The zero-order valence-electron chi connectivity index (χ0n) is 12.4. The molecule has 0 spiro atoms. The normalized spacial score (nSPS) is 28.4. The lowest BCUT2D eigenvalue weighted by Gasteiger charge is -2.43. The van der Waals surface area contributed by atoms with E-state index >= 15 is 0 Å². The van der Waals surface area contributed by atoms with Crippen LogP contribution in [0.5, 0.6) is 0 Å². The van der Waals surface area contributed by atoms with E-state index in [4.69, 9.17) is 9.47 Å². The van der Waals surface area contributed by atoms with E-state index in [-0.39, 0.29) is 24.1 Å². The van der Waals surface area contributed by atoms with E-state index in [1.165, 1.54) is 0 Å². The minimum atomic E-state index is -0.832. The molecule has 0 N–H and O–H groups in total. The molecule has 1 aliphatic carbocycles. The molecule has 0 fully saturated rings. The van der Waals surface area contributed by atoms with Crippen LogP contribution >= 0.6 is 0 Å². The lowest BCUT2D eigenvalue weighted by atomic mass is 9.74. The van der Waals surface area contributed by atoms with Gasteiger partial charge in [0.2, 0.25) is 0 Å². The Morgan fingerprint density at radius 2 is 1.86 bits per heavy atom. The quantitative estimate of drug-likeness (QED) is 0.839. The van der Waals surface area contributed by atoms with Crippen LogP contribution in [0.25, 0.3) is 0 Å². The fourth-order valence-corrected chi connectivity index (χ4v) is 3.37. The van der Waals surface area contributed by atoms with Gasteiger partial charge in [-0.15, -0.1) is 0 Å². The highest BCUT2D eigenvalue weighted by Crippen LogP contribution is 2.42. The lowest BCUT2D eigenvalue weighted by Crippen LogP contribution is -2.49. The number of hydrogen-bond acceptors (Lipinski definition) is 4. The average Bonchev–Trinajstić information content (AvgIpc) is 2.53. The predicted octanol–water partition coefficient (Wildman–Crippen LogP) is 2.78. The molecule has 21 heavy (non-hydrogen) atoms. The van der Waals surface area contributed by atoms with Crippen LogP contribution in [-0.4, -0.2) is 31.1 Å². The molecule has 0 radical (unpaired) electrons. The summed E-state index contributed by atoms with van der Waals surface area (Å²) < 4.78 is 11.4. The maximum Gasteiger partial charge on any atom is 0.192 e. The largest absolute Gasteiger partial charge is 0.353 e. The van der Waals surface area contributed by atoms with Crippen molar-refractivity contribution in [3.63, 3.8) is 0 Å². The molecule has 2 atom stereocenters. The van der Waals surface area contributed by atoms with Gasteiger partial charge in [0.1, 0.15) is 0 Å². The van der Waals surface area contributed by atoms with Crippen LogP contribution in [0.4, 0.5) is 0 Å². The second-order valence-corrected chi connectivity index (χ2v) is 5.48. The Bertz CT molecular complexity index is 653. The first kappa shape index (κ1) is 14.2. The van der Waals surface area contributed by atoms with Gasteiger partial charge in [0.25, 0.3) is 0 Å². The first-order chi connectivity index (χ1) is 10.1. The number of hydrogen-bond donors (Lipinski definition) is 0. The van der Waals surface area contributed by atoms with Crippen LogP contribution in [0.3, 0.4) is 0 Å². The van der Waals surface area contributed by atoms with Crippen molar-refractivity contribution in [1.82, 2.24) is 0 Å². The van der Waals surface area contributed by atoms with Gasteiger partial charge < -0.3 is 9.47 Å². The van der Waals surface area contributed by atoms with Gasteiger partial charge in [-0.25, -0.2) is 0 Å². The number of ether oxygens (including phenoxy) is 2. The van der Waals surface area contributed by atoms with Gasteiger partial charge in [-0.05, 0) is 6.42 Å². The average molecular weight is 286 g/mol. The van der Waals surface area contributed by atoms with Gasteiger partial charge in [0.15, 0.2) is 17.4 Å². The van der Waals surface area contributed by atoms with E-state index in [1.54, 1.807) is 31.4 Å². The van der Waals surface area contributed by atoms with Crippen LogP contribution in [0, 0.1) is 5.92 Å². The summed E-state index contributed by atoms with van der Waals surface area (Å²) in [5, 5.41) is 0. The Morgan fingerprint density at radius 1 is 1.24 bits per heavy atom. The van der Waals surface area contributed by atoms with Crippen molar-refractivity contribution in [2.75, 3.05) is 13.7 Å². The Kier molecular flexibility index (Phi) is 3.30. The zero-order chi connectivity index (χ0) is 15.2. The summed E-state index contributed by atoms with van der Waals surface area (Å²) in [6.45, 7) is 3.97. The summed E-state index contributed by atoms with van der Waals surface area (Å²) in [4.78, 5) is 25.4. The Balaban J connectivity index is 2.16. The highest BCUT2D eigenvalue weighted by Gasteiger charge is 2.48. The van der Waals surface area contributed by atoms with Gasteiger partial charge in [0, 0.05) is 35.3 Å².